The van der Waals surface area contributed by atoms with Crippen LogP contribution in [0.4, 0.5) is 0 Å². The van der Waals surface area contributed by atoms with E-state index in [1.54, 1.807) is 0 Å². The van der Waals surface area contributed by atoms with E-state index in [1.165, 1.54) is 5.84 Å². The number of hydrogen-bond donors (Lipinski definition) is 1. The maximum absolute atomic E-state index is 4.60. The molecule has 2 unspecified atom stereocenters. The minimum absolute atomic E-state index is 0.315. The lowest BCUT2D eigenvalue weighted by Gasteiger charge is -2.31. The highest BCUT2D eigenvalue weighted by Gasteiger charge is 2.35. The lowest BCUT2D eigenvalue weighted by molar-refractivity contribution is -0.809. The van der Waals surface area contributed by atoms with Crippen LogP contribution in [-0.2, 0) is 0 Å². The zero-order valence-electron chi connectivity index (χ0n) is 9.87. The quantitative estimate of drug-likeness (QED) is 0.515. The molecule has 3 heteroatoms. The average molecular weight is 208 g/mol. The molecule has 1 rings (SSSR count). The Hall–Kier alpha value is -0.930. The van der Waals surface area contributed by atoms with Gasteiger partial charge < -0.3 is 5.32 Å². The van der Waals surface area contributed by atoms with E-state index in [0.717, 1.165) is 30.7 Å². The van der Waals surface area contributed by atoms with Crippen molar-refractivity contribution in [2.75, 3.05) is 33.2 Å². The van der Waals surface area contributed by atoms with Gasteiger partial charge in [-0.3, -0.25) is 4.48 Å². The molecule has 2 atom stereocenters. The Labute approximate surface area is 92.8 Å². The minimum atomic E-state index is 0.315. The van der Waals surface area contributed by atoms with Crippen LogP contribution in [-0.4, -0.2) is 49.6 Å². The maximum atomic E-state index is 4.60. The Kier molecular flexibility index (Phi) is 4.24. The molecule has 0 aromatic rings. The van der Waals surface area contributed by atoms with Crippen LogP contribution < -0.4 is 5.32 Å². The molecule has 0 aromatic carbocycles. The number of likely N-dealkylation sites (N-methyl/N-ethyl adjacent to an activating group) is 1. The molecule has 0 aromatic heterocycles. The molecule has 0 radical (unpaired) electrons. The second-order valence-corrected chi connectivity index (χ2v) is 4.25. The molecule has 1 heterocycles. The summed E-state index contributed by atoms with van der Waals surface area (Å²) in [5.74, 6) is 1.23. The van der Waals surface area contributed by atoms with E-state index in [9.17, 15) is 0 Å². The number of nitrogens with zero attached hydrogens (tertiary/aromatic N) is 2. The third kappa shape index (κ3) is 2.76. The van der Waals surface area contributed by atoms with Crippen LogP contribution in [0.2, 0.25) is 0 Å². The highest BCUT2D eigenvalue weighted by atomic mass is 15.4. The van der Waals surface area contributed by atoms with Gasteiger partial charge in [0.1, 0.15) is 13.1 Å². The molecule has 1 N–H and O–H groups in total. The molecular formula is C12H22N3+. The van der Waals surface area contributed by atoms with Gasteiger partial charge in [0.2, 0.25) is 5.84 Å². The molecule has 0 amide bonds. The number of rotatable bonds is 6. The Morgan fingerprint density at radius 2 is 2.27 bits per heavy atom. The van der Waals surface area contributed by atoms with Crippen molar-refractivity contribution in [3.8, 4) is 0 Å². The van der Waals surface area contributed by atoms with Crippen molar-refractivity contribution in [1.29, 1.82) is 0 Å². The van der Waals surface area contributed by atoms with Gasteiger partial charge >= 0.3 is 0 Å². The van der Waals surface area contributed by atoms with E-state index in [2.05, 4.69) is 37.4 Å². The summed E-state index contributed by atoms with van der Waals surface area (Å²) >= 11 is 0. The van der Waals surface area contributed by atoms with E-state index in [0.29, 0.717) is 6.04 Å². The van der Waals surface area contributed by atoms with E-state index in [1.807, 2.05) is 12.2 Å². The van der Waals surface area contributed by atoms with Gasteiger partial charge in [-0.05, 0) is 13.0 Å². The SMILES string of the molecule is C=CCNC(C)C1=NCC[N+]1(C)CC=C. The van der Waals surface area contributed by atoms with Gasteiger partial charge in [0.25, 0.3) is 0 Å². The fourth-order valence-corrected chi connectivity index (χ4v) is 2.10. The lowest BCUT2D eigenvalue weighted by atomic mass is 10.2. The summed E-state index contributed by atoms with van der Waals surface area (Å²) in [4.78, 5) is 4.60. The average Bonchev–Trinajstić information content (AvgIpc) is 2.57. The fraction of sp³-hybridized carbons (Fsp3) is 0.583. The maximum Gasteiger partial charge on any atom is 0.215 e. The predicted molar refractivity (Wildman–Crippen MR) is 66.1 cm³/mol. The first-order valence-corrected chi connectivity index (χ1v) is 5.48. The summed E-state index contributed by atoms with van der Waals surface area (Å²) < 4.78 is 0.898. The topological polar surface area (TPSA) is 24.4 Å². The van der Waals surface area contributed by atoms with Gasteiger partial charge in [-0.15, -0.1) is 6.58 Å². The first-order chi connectivity index (χ1) is 7.14. The van der Waals surface area contributed by atoms with Crippen molar-refractivity contribution in [3.05, 3.63) is 25.3 Å². The smallest absolute Gasteiger partial charge is 0.215 e. The number of aliphatic imine (C=N–C) groups is 1. The summed E-state index contributed by atoms with van der Waals surface area (Å²) in [6, 6.07) is 0.315. The lowest BCUT2D eigenvalue weighted by Crippen LogP contribution is -2.54. The van der Waals surface area contributed by atoms with Crippen LogP contribution in [0.5, 0.6) is 0 Å². The third-order valence-electron chi connectivity index (χ3n) is 2.91. The predicted octanol–water partition coefficient (Wildman–Crippen LogP) is 1.20. The molecule has 1 aliphatic heterocycles. The van der Waals surface area contributed by atoms with Gasteiger partial charge in [-0.25, -0.2) is 4.99 Å². The zero-order chi connectivity index (χ0) is 11.3. The van der Waals surface area contributed by atoms with Crippen molar-refractivity contribution >= 4 is 5.84 Å². The van der Waals surface area contributed by atoms with Crippen molar-refractivity contribution in [3.63, 3.8) is 0 Å². The van der Waals surface area contributed by atoms with Crippen molar-refractivity contribution in [2.24, 2.45) is 4.99 Å². The molecule has 0 aliphatic carbocycles. The van der Waals surface area contributed by atoms with Gasteiger partial charge in [-0.2, -0.15) is 0 Å². The Morgan fingerprint density at radius 1 is 1.53 bits per heavy atom. The Balaban J connectivity index is 2.66. The molecule has 0 spiro atoms. The highest BCUT2D eigenvalue weighted by Crippen LogP contribution is 2.14. The van der Waals surface area contributed by atoms with Crippen molar-refractivity contribution in [2.45, 2.75) is 13.0 Å². The molecule has 0 bridgehead atoms. The van der Waals surface area contributed by atoms with Crippen LogP contribution in [0.15, 0.2) is 30.3 Å². The molecule has 15 heavy (non-hydrogen) atoms. The molecule has 3 nitrogen and oxygen atoms in total. The van der Waals surface area contributed by atoms with Gasteiger partial charge in [0, 0.05) is 6.54 Å². The number of quaternary nitrogens is 1. The molecule has 0 saturated carbocycles. The van der Waals surface area contributed by atoms with Crippen LogP contribution in [0.3, 0.4) is 0 Å². The number of amidine groups is 1. The standard InChI is InChI=1S/C12H22N3/c1-5-7-13-11(3)12-14-8-10-15(12,4)9-6-2/h5-6,11,13H,1-2,7-10H2,3-4H3/q+1. The van der Waals surface area contributed by atoms with Gasteiger partial charge in [0.15, 0.2) is 0 Å². The highest BCUT2D eigenvalue weighted by molar-refractivity contribution is 5.82. The van der Waals surface area contributed by atoms with Crippen molar-refractivity contribution in [1.82, 2.24) is 5.32 Å². The summed E-state index contributed by atoms with van der Waals surface area (Å²) in [5, 5.41) is 3.39. The van der Waals surface area contributed by atoms with Crippen LogP contribution >= 0.6 is 0 Å². The number of hydrogen-bond acceptors (Lipinski definition) is 2. The monoisotopic (exact) mass is 208 g/mol. The summed E-state index contributed by atoms with van der Waals surface area (Å²) in [6.07, 6.45) is 3.85. The zero-order valence-corrected chi connectivity index (χ0v) is 9.87. The first kappa shape index (κ1) is 12.1. The number of nitrogens with one attached hydrogen (secondary N) is 1. The van der Waals surface area contributed by atoms with Crippen molar-refractivity contribution < 1.29 is 4.48 Å². The van der Waals surface area contributed by atoms with E-state index >= 15 is 0 Å². The Morgan fingerprint density at radius 3 is 2.87 bits per heavy atom. The molecule has 1 aliphatic rings. The summed E-state index contributed by atoms with van der Waals surface area (Å²) in [7, 11) is 2.22. The second kappa shape index (κ2) is 5.24. The van der Waals surface area contributed by atoms with E-state index in [-0.39, 0.29) is 0 Å². The third-order valence-corrected chi connectivity index (χ3v) is 2.91. The molecule has 0 saturated heterocycles. The largest absolute Gasteiger partial charge is 0.301 e. The fourth-order valence-electron chi connectivity index (χ4n) is 2.10. The molecular weight excluding hydrogens is 186 g/mol. The second-order valence-electron chi connectivity index (χ2n) is 4.25. The van der Waals surface area contributed by atoms with Crippen LogP contribution in [0.1, 0.15) is 6.92 Å². The summed E-state index contributed by atoms with van der Waals surface area (Å²) in [5.41, 5.74) is 0. The molecule has 0 fully saturated rings. The van der Waals surface area contributed by atoms with E-state index < -0.39 is 0 Å². The van der Waals surface area contributed by atoms with Gasteiger partial charge in [-0.1, -0.05) is 12.7 Å². The van der Waals surface area contributed by atoms with Crippen LogP contribution in [0.25, 0.3) is 0 Å². The Bertz CT molecular complexity index is 270. The van der Waals surface area contributed by atoms with E-state index in [4.69, 9.17) is 0 Å². The minimum Gasteiger partial charge on any atom is -0.301 e. The summed E-state index contributed by atoms with van der Waals surface area (Å²) in [6.45, 7) is 13.5. The van der Waals surface area contributed by atoms with Crippen LogP contribution in [0, 0.1) is 0 Å². The molecule has 84 valence electrons. The van der Waals surface area contributed by atoms with Gasteiger partial charge in [0.05, 0.1) is 19.6 Å². The normalized spacial score (nSPS) is 27.2. The first-order valence-electron chi connectivity index (χ1n) is 5.48.